The van der Waals surface area contributed by atoms with Crippen LogP contribution in [0.5, 0.6) is 0 Å². The zero-order valence-corrected chi connectivity index (χ0v) is 4.08. The van der Waals surface area contributed by atoms with Gasteiger partial charge in [0.25, 0.3) is 0 Å². The Morgan fingerprint density at radius 1 is 2.00 bits per heavy atom. The molecule has 2 heteroatoms. The zero-order valence-electron chi connectivity index (χ0n) is 2.08. The Bertz CT molecular complexity index is 49.5. The van der Waals surface area contributed by atoms with Gasteiger partial charge < -0.3 is 0 Å². The summed E-state index contributed by atoms with van der Waals surface area (Å²) in [5.41, 5.74) is 2.37. The number of terminal acetylenes is 1. The van der Waals surface area contributed by atoms with Crippen LogP contribution in [0, 0.1) is 12.0 Å². The van der Waals surface area contributed by atoms with Crippen LogP contribution in [0.4, 0.5) is 0 Å². The van der Waals surface area contributed by atoms with Crippen LogP contribution < -0.4 is 0 Å². The molecule has 0 atom stereocenters. The lowest BCUT2D eigenvalue weighted by Crippen LogP contribution is -1.55. The third-order valence-corrected chi connectivity index (χ3v) is 0.650. The molecule has 3 radical (unpaired) electrons. The van der Waals surface area contributed by atoms with E-state index >= 15 is 0 Å². The first-order valence-corrected chi connectivity index (χ1v) is 3.29. The first kappa shape index (κ1) is 3.99. The summed E-state index contributed by atoms with van der Waals surface area (Å²) in [7, 11) is 3.55. The summed E-state index contributed by atoms with van der Waals surface area (Å²) in [6, 6.07) is 0. The van der Waals surface area contributed by atoms with Gasteiger partial charge >= 0.3 is 0 Å². The molecule has 0 unspecified atom stereocenters. The normalized spacial score (nSPS) is 3.75. The van der Waals surface area contributed by atoms with Gasteiger partial charge in [0.2, 0.25) is 0 Å². The Morgan fingerprint density at radius 2 is 2.25 bits per heavy atom. The molecule has 0 fully saturated rings. The predicted octanol–water partition coefficient (Wildman–Crippen LogP) is -0.635. The second-order valence-corrected chi connectivity index (χ2v) is 1.56. The fourth-order valence-electron chi connectivity index (χ4n) is 0. The fraction of sp³-hybridized carbons (Fsp3) is 0. The Hall–Kier alpha value is -0.00623. The molecule has 0 nitrogen and oxygen atoms in total. The van der Waals surface area contributed by atoms with Crippen LogP contribution in [0.25, 0.3) is 0 Å². The van der Waals surface area contributed by atoms with E-state index in [1.807, 2.05) is 0 Å². The van der Waals surface area contributed by atoms with Crippen LogP contribution >= 0.6 is 0 Å². The highest BCUT2D eigenvalue weighted by Gasteiger charge is 1.32. The quantitative estimate of drug-likeness (QED) is 0.269. The lowest BCUT2D eigenvalue weighted by Gasteiger charge is -1.33. The van der Waals surface area contributed by atoms with Gasteiger partial charge in [0.05, 0.1) is 8.61 Å². The highest BCUT2D eigenvalue weighted by molar-refractivity contribution is 6.67. The van der Waals surface area contributed by atoms with Crippen molar-refractivity contribution in [1.29, 1.82) is 0 Å². The van der Waals surface area contributed by atoms with E-state index in [9.17, 15) is 0 Å². The first-order chi connectivity index (χ1) is 1.91. The van der Waals surface area contributed by atoms with Gasteiger partial charge in [-0.15, -0.1) is 12.0 Å². The molecule has 0 bridgehead atoms. The van der Waals surface area contributed by atoms with Gasteiger partial charge in [-0.3, -0.25) is 0 Å². The molecule has 0 aliphatic rings. The van der Waals surface area contributed by atoms with Gasteiger partial charge in [-0.1, -0.05) is 0 Å². The summed E-state index contributed by atoms with van der Waals surface area (Å²) >= 11 is 0. The second-order valence-electron chi connectivity index (χ2n) is 0.269. The summed E-state index contributed by atoms with van der Waals surface area (Å²) in [5.74, 6) is 0. The highest BCUT2D eigenvalue weighted by atomic mass is 28.8. The summed E-state index contributed by atoms with van der Waals surface area (Å²) in [6.07, 6.45) is 4.74. The molecule has 0 amide bonds. The molecule has 0 saturated carbocycles. The Morgan fingerprint density at radius 3 is 2.25 bits per heavy atom. The molecule has 0 aromatic carbocycles. The summed E-state index contributed by atoms with van der Waals surface area (Å²) in [4.78, 5) is 0. The standard InChI is InChI=1S/C2HSi2/c1-2-4-3/h1H. The van der Waals surface area contributed by atoms with Crippen molar-refractivity contribution in [2.24, 2.45) is 0 Å². The summed E-state index contributed by atoms with van der Waals surface area (Å²) < 4.78 is 0. The summed E-state index contributed by atoms with van der Waals surface area (Å²) in [5, 5.41) is 0. The summed E-state index contributed by atoms with van der Waals surface area (Å²) in [6.45, 7) is 0. The van der Waals surface area contributed by atoms with Crippen LogP contribution in [0.2, 0.25) is 0 Å². The van der Waals surface area contributed by atoms with E-state index in [1.54, 1.807) is 0 Å². The van der Waals surface area contributed by atoms with Gasteiger partial charge in [0, 0.05) is 9.34 Å². The first-order valence-electron chi connectivity index (χ1n) is 0.789. The van der Waals surface area contributed by atoms with Crippen molar-refractivity contribution in [3.05, 3.63) is 0 Å². The minimum atomic E-state index is 0.474. The average Bonchev–Trinajstić information content (AvgIpc) is 1.37. The molecule has 0 rings (SSSR count). The van der Waals surface area contributed by atoms with Crippen molar-refractivity contribution in [3.63, 3.8) is 0 Å². The maximum atomic E-state index is 4.74. The molecule has 0 saturated heterocycles. The van der Waals surface area contributed by atoms with Gasteiger partial charge in [-0.2, -0.15) is 0 Å². The van der Waals surface area contributed by atoms with E-state index in [0.29, 0.717) is 8.61 Å². The predicted molar refractivity (Wildman–Crippen MR) is 20.3 cm³/mol. The van der Waals surface area contributed by atoms with Crippen molar-refractivity contribution in [2.45, 2.75) is 0 Å². The molecule has 17 valence electrons. The smallest absolute Gasteiger partial charge is 0.0971 e. The van der Waals surface area contributed by atoms with Crippen LogP contribution in [-0.4, -0.2) is 17.9 Å². The molecule has 4 heavy (non-hydrogen) atoms. The Balaban J connectivity index is 2.92. The lowest BCUT2D eigenvalue weighted by atomic mass is 11.4. The average molecular weight is 81.2 g/mol. The molecular formula is C2HSi2. The lowest BCUT2D eigenvalue weighted by molar-refractivity contribution is 3.08. The van der Waals surface area contributed by atoms with Gasteiger partial charge in [-0.05, 0) is 0 Å². The third kappa shape index (κ3) is 1.99. The van der Waals surface area contributed by atoms with E-state index in [0.717, 1.165) is 0 Å². The van der Waals surface area contributed by atoms with Crippen LogP contribution in [0.15, 0.2) is 0 Å². The van der Waals surface area contributed by atoms with E-state index in [-0.39, 0.29) is 0 Å². The molecule has 0 aromatic heterocycles. The van der Waals surface area contributed by atoms with Crippen molar-refractivity contribution >= 4 is 17.9 Å². The van der Waals surface area contributed by atoms with Gasteiger partial charge in [0.15, 0.2) is 0 Å². The monoisotopic (exact) mass is 81.0 g/mol. The minimum Gasteiger partial charge on any atom is -0.123 e. The van der Waals surface area contributed by atoms with Crippen LogP contribution in [0.1, 0.15) is 0 Å². The van der Waals surface area contributed by atoms with E-state index in [4.69, 9.17) is 6.42 Å². The fourth-order valence-corrected chi connectivity index (χ4v) is 0. The maximum absolute atomic E-state index is 4.74. The van der Waals surface area contributed by atoms with Crippen molar-refractivity contribution in [3.8, 4) is 12.0 Å². The van der Waals surface area contributed by atoms with Crippen molar-refractivity contribution < 1.29 is 0 Å². The molecule has 0 heterocycles. The molecular weight excluding hydrogens is 80.2 g/mol. The largest absolute Gasteiger partial charge is 0.123 e. The zero-order chi connectivity index (χ0) is 3.41. The molecule has 0 aliphatic heterocycles. The van der Waals surface area contributed by atoms with Crippen LogP contribution in [0.3, 0.4) is 0 Å². The molecule has 0 aromatic rings. The molecule has 0 spiro atoms. The topological polar surface area (TPSA) is 0 Å². The molecule has 0 aliphatic carbocycles. The number of rotatable bonds is 0. The highest BCUT2D eigenvalue weighted by Crippen LogP contribution is 1.14. The van der Waals surface area contributed by atoms with Crippen molar-refractivity contribution in [2.75, 3.05) is 0 Å². The van der Waals surface area contributed by atoms with E-state index in [2.05, 4.69) is 14.9 Å². The molecule has 0 N–H and O–H groups in total. The minimum absolute atomic E-state index is 0.474. The number of hydrogen-bond acceptors (Lipinski definition) is 0. The van der Waals surface area contributed by atoms with E-state index in [1.165, 1.54) is 0 Å². The Kier molecular flexibility index (Phi) is 2.99. The van der Waals surface area contributed by atoms with Crippen molar-refractivity contribution in [1.82, 2.24) is 0 Å². The third-order valence-electron chi connectivity index (χ3n) is 0.0722. The van der Waals surface area contributed by atoms with Gasteiger partial charge in [-0.25, -0.2) is 0 Å². The van der Waals surface area contributed by atoms with E-state index < -0.39 is 0 Å². The van der Waals surface area contributed by atoms with Gasteiger partial charge in [0.1, 0.15) is 0 Å². The Labute approximate surface area is 30.8 Å². The maximum Gasteiger partial charge on any atom is 0.0971 e. The SMILES string of the molecule is C#C[Si]=[Si]. The van der Waals surface area contributed by atoms with Crippen LogP contribution in [-0.2, 0) is 0 Å². The number of hydrogen-bond donors (Lipinski definition) is 0. The second kappa shape index (κ2) is 2.99.